The van der Waals surface area contributed by atoms with Gasteiger partial charge in [0.2, 0.25) is 5.95 Å². The van der Waals surface area contributed by atoms with Crippen molar-refractivity contribution in [2.24, 2.45) is 0 Å². The van der Waals surface area contributed by atoms with Crippen molar-refractivity contribution in [3.8, 4) is 6.07 Å². The SMILES string of the molecule is CN[C@H]1CCN(c2nc(N(C)CCC#N)c3sccc3n2)C[C@H]1F. The second kappa shape index (κ2) is 7.28. The Morgan fingerprint density at radius 2 is 2.38 bits per heavy atom. The lowest BCUT2D eigenvalue weighted by atomic mass is 10.0. The summed E-state index contributed by atoms with van der Waals surface area (Å²) in [6.45, 7) is 1.62. The molecular formula is C16H21FN6S. The number of aromatic nitrogens is 2. The van der Waals surface area contributed by atoms with E-state index in [0.717, 1.165) is 29.0 Å². The van der Waals surface area contributed by atoms with Crippen LogP contribution in [0.3, 0.4) is 0 Å². The Bertz CT molecular complexity index is 742. The van der Waals surface area contributed by atoms with Crippen LogP contribution in [0.1, 0.15) is 12.8 Å². The molecule has 1 aliphatic heterocycles. The quantitative estimate of drug-likeness (QED) is 0.893. The van der Waals surface area contributed by atoms with E-state index in [0.29, 0.717) is 25.5 Å². The lowest BCUT2D eigenvalue weighted by molar-refractivity contribution is 0.226. The molecular weight excluding hydrogens is 327 g/mol. The lowest BCUT2D eigenvalue weighted by Crippen LogP contribution is -2.50. The first-order chi connectivity index (χ1) is 11.6. The van der Waals surface area contributed by atoms with Crippen molar-refractivity contribution in [2.45, 2.75) is 25.1 Å². The molecule has 8 heteroatoms. The molecule has 1 N–H and O–H groups in total. The van der Waals surface area contributed by atoms with Gasteiger partial charge >= 0.3 is 0 Å². The number of halogens is 1. The number of thiophene rings is 1. The van der Waals surface area contributed by atoms with Gasteiger partial charge in [0.15, 0.2) is 5.82 Å². The Morgan fingerprint density at radius 1 is 1.54 bits per heavy atom. The summed E-state index contributed by atoms with van der Waals surface area (Å²) in [6.07, 6.45) is 0.218. The predicted molar refractivity (Wildman–Crippen MR) is 95.5 cm³/mol. The van der Waals surface area contributed by atoms with E-state index in [1.807, 2.05) is 28.3 Å². The highest BCUT2D eigenvalue weighted by molar-refractivity contribution is 7.17. The van der Waals surface area contributed by atoms with Crippen molar-refractivity contribution < 1.29 is 4.39 Å². The second-order valence-electron chi connectivity index (χ2n) is 5.96. The average molecular weight is 348 g/mol. The minimum Gasteiger partial charge on any atom is -0.357 e. The van der Waals surface area contributed by atoms with Gasteiger partial charge in [0.1, 0.15) is 6.17 Å². The maximum absolute atomic E-state index is 14.3. The molecule has 24 heavy (non-hydrogen) atoms. The van der Waals surface area contributed by atoms with Crippen molar-refractivity contribution in [1.29, 1.82) is 5.26 Å². The first-order valence-electron chi connectivity index (χ1n) is 8.03. The van der Waals surface area contributed by atoms with E-state index in [2.05, 4.69) is 21.4 Å². The first-order valence-corrected chi connectivity index (χ1v) is 8.91. The molecule has 0 aromatic carbocycles. The molecule has 1 fully saturated rings. The first kappa shape index (κ1) is 16.9. The smallest absolute Gasteiger partial charge is 0.228 e. The van der Waals surface area contributed by atoms with Gasteiger partial charge in [0.25, 0.3) is 0 Å². The van der Waals surface area contributed by atoms with E-state index in [1.165, 1.54) is 0 Å². The molecule has 128 valence electrons. The van der Waals surface area contributed by atoms with E-state index < -0.39 is 6.17 Å². The van der Waals surface area contributed by atoms with Gasteiger partial charge in [-0.2, -0.15) is 10.2 Å². The fourth-order valence-corrected chi connectivity index (χ4v) is 3.85. The summed E-state index contributed by atoms with van der Waals surface area (Å²) in [7, 11) is 3.72. The highest BCUT2D eigenvalue weighted by Gasteiger charge is 2.30. The van der Waals surface area contributed by atoms with Crippen LogP contribution < -0.4 is 15.1 Å². The second-order valence-corrected chi connectivity index (χ2v) is 6.87. The van der Waals surface area contributed by atoms with Gasteiger partial charge in [-0.25, -0.2) is 9.37 Å². The zero-order chi connectivity index (χ0) is 17.1. The van der Waals surface area contributed by atoms with Crippen molar-refractivity contribution >= 4 is 33.3 Å². The zero-order valence-electron chi connectivity index (χ0n) is 13.9. The van der Waals surface area contributed by atoms with Gasteiger partial charge in [-0.15, -0.1) is 11.3 Å². The summed E-state index contributed by atoms with van der Waals surface area (Å²) >= 11 is 1.58. The predicted octanol–water partition coefficient (Wildman–Crippen LogP) is 2.18. The largest absolute Gasteiger partial charge is 0.357 e. The van der Waals surface area contributed by atoms with Crippen LogP contribution in [0.5, 0.6) is 0 Å². The molecule has 1 saturated heterocycles. The van der Waals surface area contributed by atoms with Crippen LogP contribution in [0, 0.1) is 11.3 Å². The number of alkyl halides is 1. The Hall–Kier alpha value is -1.98. The zero-order valence-corrected chi connectivity index (χ0v) is 14.7. The summed E-state index contributed by atoms with van der Waals surface area (Å²) < 4.78 is 15.3. The molecule has 0 amide bonds. The molecule has 0 spiro atoms. The number of nitrogens with one attached hydrogen (secondary N) is 1. The van der Waals surface area contributed by atoms with E-state index in [9.17, 15) is 4.39 Å². The molecule has 6 nitrogen and oxygen atoms in total. The summed E-state index contributed by atoms with van der Waals surface area (Å²) in [5.74, 6) is 1.38. The van der Waals surface area contributed by atoms with Crippen molar-refractivity contribution in [2.75, 3.05) is 43.5 Å². The Kier molecular flexibility index (Phi) is 5.11. The number of anilines is 2. The fourth-order valence-electron chi connectivity index (χ4n) is 2.97. The number of nitriles is 1. The highest BCUT2D eigenvalue weighted by Crippen LogP contribution is 2.31. The van der Waals surface area contributed by atoms with Gasteiger partial charge in [-0.1, -0.05) is 0 Å². The third-order valence-corrected chi connectivity index (χ3v) is 5.29. The van der Waals surface area contributed by atoms with Crippen LogP contribution in [-0.4, -0.2) is 55.9 Å². The standard InChI is InChI=1S/C16H21FN6S/c1-19-12-4-8-23(10-11(12)17)16-20-13-5-9-24-14(13)15(21-16)22(2)7-3-6-18/h5,9,11-12,19H,3-4,7-8,10H2,1-2H3/t11-,12+/m1/s1. The van der Waals surface area contributed by atoms with Crippen molar-refractivity contribution in [3.63, 3.8) is 0 Å². The maximum atomic E-state index is 14.3. The Labute approximate surface area is 144 Å². The number of rotatable bonds is 5. The van der Waals surface area contributed by atoms with Crippen LogP contribution in [-0.2, 0) is 0 Å². The van der Waals surface area contributed by atoms with Gasteiger partial charge in [0.05, 0.1) is 29.3 Å². The topological polar surface area (TPSA) is 68.1 Å². The maximum Gasteiger partial charge on any atom is 0.228 e. The number of hydrogen-bond acceptors (Lipinski definition) is 7. The van der Waals surface area contributed by atoms with E-state index in [-0.39, 0.29) is 6.04 Å². The van der Waals surface area contributed by atoms with Gasteiger partial charge in [-0.3, -0.25) is 0 Å². The molecule has 1 aliphatic rings. The molecule has 0 bridgehead atoms. The van der Waals surface area contributed by atoms with Gasteiger partial charge in [0, 0.05) is 26.2 Å². The van der Waals surface area contributed by atoms with Gasteiger partial charge < -0.3 is 15.1 Å². The van der Waals surface area contributed by atoms with Crippen LogP contribution in [0.2, 0.25) is 0 Å². The monoisotopic (exact) mass is 348 g/mol. The van der Waals surface area contributed by atoms with Gasteiger partial charge in [-0.05, 0) is 24.9 Å². The highest BCUT2D eigenvalue weighted by atomic mass is 32.1. The molecule has 3 heterocycles. The van der Waals surface area contributed by atoms with E-state index in [1.54, 1.807) is 18.4 Å². The molecule has 3 rings (SSSR count). The van der Waals surface area contributed by atoms with E-state index >= 15 is 0 Å². The van der Waals surface area contributed by atoms with Crippen molar-refractivity contribution in [3.05, 3.63) is 11.4 Å². The molecule has 2 atom stereocenters. The Balaban J connectivity index is 1.90. The van der Waals surface area contributed by atoms with Crippen LogP contribution in [0.4, 0.5) is 16.2 Å². The third-order valence-electron chi connectivity index (χ3n) is 4.39. The molecule has 0 saturated carbocycles. The molecule has 2 aromatic rings. The summed E-state index contributed by atoms with van der Waals surface area (Å²) in [5.41, 5.74) is 0.870. The van der Waals surface area contributed by atoms with Crippen LogP contribution >= 0.6 is 11.3 Å². The third kappa shape index (κ3) is 3.28. The average Bonchev–Trinajstić information content (AvgIpc) is 3.07. The normalized spacial score (nSPS) is 21.0. The lowest BCUT2D eigenvalue weighted by Gasteiger charge is -2.34. The van der Waals surface area contributed by atoms with Crippen LogP contribution in [0.25, 0.3) is 10.2 Å². The molecule has 2 aromatic heterocycles. The number of hydrogen-bond donors (Lipinski definition) is 1. The van der Waals surface area contributed by atoms with Crippen LogP contribution in [0.15, 0.2) is 11.4 Å². The number of piperidine rings is 1. The molecule has 0 unspecified atom stereocenters. The number of nitrogens with zero attached hydrogens (tertiary/aromatic N) is 5. The molecule has 0 aliphatic carbocycles. The minimum atomic E-state index is -0.940. The fraction of sp³-hybridized carbons (Fsp3) is 0.562. The van der Waals surface area contributed by atoms with Crippen molar-refractivity contribution in [1.82, 2.24) is 15.3 Å². The van der Waals surface area contributed by atoms with E-state index in [4.69, 9.17) is 5.26 Å². The summed E-state index contributed by atoms with van der Waals surface area (Å²) in [5, 5.41) is 13.8. The summed E-state index contributed by atoms with van der Waals surface area (Å²) in [4.78, 5) is 13.2. The Morgan fingerprint density at radius 3 is 3.08 bits per heavy atom. The number of fused-ring (bicyclic) bond motifs is 1. The minimum absolute atomic E-state index is 0.107. The summed E-state index contributed by atoms with van der Waals surface area (Å²) in [6, 6.07) is 4.01. The molecule has 0 radical (unpaired) electrons.